The van der Waals surface area contributed by atoms with Gasteiger partial charge in [0.05, 0.1) is 13.2 Å². The van der Waals surface area contributed by atoms with Crippen molar-refractivity contribution in [2.24, 2.45) is 5.92 Å². The standard InChI is InChI=1S/C36H37N3O5/c1-21(2)33-32-27(26-15-8-9-16-29(26)37-32)19-31(35(41)43-3)39(33)34(40)30-17-10-18-38(30)36(42)44-20-28-24-13-6-4-11-22(24)23-12-5-7-14-25(23)28/h4-9,11-16,21,28,30-31,33,37H,10,17-20H2,1-3H3/t30-,31-,33+/m0/s1. The molecule has 0 saturated carbocycles. The van der Waals surface area contributed by atoms with Crippen molar-refractivity contribution in [1.82, 2.24) is 14.8 Å². The summed E-state index contributed by atoms with van der Waals surface area (Å²) in [5.41, 5.74) is 7.56. The van der Waals surface area contributed by atoms with E-state index in [1.165, 1.54) is 7.11 Å². The molecule has 1 aromatic heterocycles. The first kappa shape index (κ1) is 28.2. The van der Waals surface area contributed by atoms with E-state index in [1.54, 1.807) is 9.80 Å². The molecule has 8 heteroatoms. The van der Waals surface area contributed by atoms with E-state index in [2.05, 4.69) is 43.1 Å². The summed E-state index contributed by atoms with van der Waals surface area (Å²) < 4.78 is 11.2. The van der Waals surface area contributed by atoms with E-state index in [-0.39, 0.29) is 30.4 Å². The van der Waals surface area contributed by atoms with Gasteiger partial charge in [-0.05, 0) is 52.6 Å². The van der Waals surface area contributed by atoms with Gasteiger partial charge in [-0.1, -0.05) is 80.6 Å². The minimum absolute atomic E-state index is 0.00234. The van der Waals surface area contributed by atoms with Crippen LogP contribution in [0.1, 0.15) is 61.0 Å². The zero-order valence-electron chi connectivity index (χ0n) is 25.3. The van der Waals surface area contributed by atoms with Gasteiger partial charge in [0.25, 0.3) is 0 Å². The number of hydrogen-bond donors (Lipinski definition) is 1. The second-order valence-corrected chi connectivity index (χ2v) is 12.4. The Labute approximate surface area is 256 Å². The number of carbonyl (C=O) groups is 3. The van der Waals surface area contributed by atoms with Crippen LogP contribution in [-0.4, -0.2) is 65.1 Å². The van der Waals surface area contributed by atoms with Crippen LogP contribution in [0.5, 0.6) is 0 Å². The smallest absolute Gasteiger partial charge is 0.410 e. The van der Waals surface area contributed by atoms with Gasteiger partial charge in [-0.25, -0.2) is 9.59 Å². The first-order valence-corrected chi connectivity index (χ1v) is 15.5. The molecule has 4 aromatic rings. The van der Waals surface area contributed by atoms with Crippen LogP contribution in [0, 0.1) is 5.92 Å². The fourth-order valence-electron chi connectivity index (χ4n) is 7.69. The number of likely N-dealkylation sites (tertiary alicyclic amines) is 1. The Hall–Kier alpha value is -4.59. The van der Waals surface area contributed by atoms with Gasteiger partial charge in [0.2, 0.25) is 5.91 Å². The Morgan fingerprint density at radius 3 is 2.25 bits per heavy atom. The van der Waals surface area contributed by atoms with Gasteiger partial charge < -0.3 is 19.4 Å². The normalized spacial score (nSPS) is 20.9. The highest BCUT2D eigenvalue weighted by Gasteiger charge is 2.48. The quantitative estimate of drug-likeness (QED) is 0.279. The summed E-state index contributed by atoms with van der Waals surface area (Å²) in [4.78, 5) is 48.3. The molecule has 3 aromatic carbocycles. The number of fused-ring (bicyclic) bond motifs is 6. The number of amides is 2. The van der Waals surface area contributed by atoms with Gasteiger partial charge >= 0.3 is 12.1 Å². The number of rotatable bonds is 5. The maximum atomic E-state index is 14.5. The van der Waals surface area contributed by atoms with Gasteiger partial charge in [-0.15, -0.1) is 0 Å². The molecule has 1 fully saturated rings. The molecule has 1 N–H and O–H groups in total. The number of hydrogen-bond acceptors (Lipinski definition) is 5. The number of ether oxygens (including phenoxy) is 2. The van der Waals surface area contributed by atoms with E-state index < -0.39 is 24.1 Å². The Morgan fingerprint density at radius 2 is 1.57 bits per heavy atom. The van der Waals surface area contributed by atoms with Crippen LogP contribution in [-0.2, 0) is 25.5 Å². The summed E-state index contributed by atoms with van der Waals surface area (Å²) in [5.74, 6) is -0.762. The highest BCUT2D eigenvalue weighted by Crippen LogP contribution is 2.45. The van der Waals surface area contributed by atoms with Gasteiger partial charge in [-0.3, -0.25) is 9.69 Å². The number of para-hydroxylation sites is 1. The second kappa shape index (κ2) is 11.2. The largest absolute Gasteiger partial charge is 0.467 e. The summed E-state index contributed by atoms with van der Waals surface area (Å²) in [6, 6.07) is 22.6. The molecule has 2 aliphatic heterocycles. The average molecular weight is 592 g/mol. The van der Waals surface area contributed by atoms with Crippen LogP contribution >= 0.6 is 0 Å². The molecule has 44 heavy (non-hydrogen) atoms. The van der Waals surface area contributed by atoms with Crippen molar-refractivity contribution in [2.45, 2.75) is 57.2 Å². The van der Waals surface area contributed by atoms with Crippen LogP contribution in [0.15, 0.2) is 72.8 Å². The first-order chi connectivity index (χ1) is 21.4. The van der Waals surface area contributed by atoms with Crippen molar-refractivity contribution in [1.29, 1.82) is 0 Å². The summed E-state index contributed by atoms with van der Waals surface area (Å²) in [5, 5.41) is 1.05. The Bertz CT molecular complexity index is 1710. The summed E-state index contributed by atoms with van der Waals surface area (Å²) in [7, 11) is 1.36. The Morgan fingerprint density at radius 1 is 0.909 bits per heavy atom. The van der Waals surface area contributed by atoms with Crippen molar-refractivity contribution in [3.05, 3.63) is 95.2 Å². The molecule has 1 aliphatic carbocycles. The first-order valence-electron chi connectivity index (χ1n) is 15.5. The highest BCUT2D eigenvalue weighted by molar-refractivity contribution is 5.93. The number of esters is 1. The second-order valence-electron chi connectivity index (χ2n) is 12.4. The molecule has 0 bridgehead atoms. The van der Waals surface area contributed by atoms with Crippen molar-refractivity contribution < 1.29 is 23.9 Å². The number of nitrogens with one attached hydrogen (secondary N) is 1. The van der Waals surface area contributed by atoms with Gasteiger partial charge in [0.1, 0.15) is 18.7 Å². The molecule has 3 atom stereocenters. The van der Waals surface area contributed by atoms with Crippen LogP contribution in [0.25, 0.3) is 22.0 Å². The summed E-state index contributed by atoms with van der Waals surface area (Å²) >= 11 is 0. The lowest BCUT2D eigenvalue weighted by Gasteiger charge is -2.44. The predicted octanol–water partition coefficient (Wildman–Crippen LogP) is 6.20. The molecule has 7 rings (SSSR count). The fraction of sp³-hybridized carbons (Fsp3) is 0.361. The van der Waals surface area contributed by atoms with E-state index in [0.29, 0.717) is 25.8 Å². The monoisotopic (exact) mass is 591 g/mol. The van der Waals surface area contributed by atoms with E-state index in [4.69, 9.17) is 9.47 Å². The van der Waals surface area contributed by atoms with Gasteiger partial charge in [0.15, 0.2) is 0 Å². The SMILES string of the molecule is COC(=O)[C@@H]1Cc2c([nH]c3ccccc23)[C@@H](C(C)C)N1C(=O)[C@@H]1CCCN1C(=O)OCC1c2ccccc2-c2ccccc21. The Kier molecular flexibility index (Phi) is 7.15. The lowest BCUT2D eigenvalue weighted by Crippen LogP contribution is -2.58. The molecule has 0 spiro atoms. The zero-order valence-corrected chi connectivity index (χ0v) is 25.3. The number of aromatic amines is 1. The fourth-order valence-corrected chi connectivity index (χ4v) is 7.69. The summed E-state index contributed by atoms with van der Waals surface area (Å²) in [6.45, 7) is 4.72. The molecule has 8 nitrogen and oxygen atoms in total. The zero-order chi connectivity index (χ0) is 30.5. The average Bonchev–Trinajstić information content (AvgIpc) is 3.76. The Balaban J connectivity index is 1.16. The van der Waals surface area contributed by atoms with E-state index in [1.807, 2.05) is 48.5 Å². The predicted molar refractivity (Wildman–Crippen MR) is 167 cm³/mol. The van der Waals surface area contributed by atoms with E-state index in [0.717, 1.165) is 44.4 Å². The molecule has 3 heterocycles. The van der Waals surface area contributed by atoms with Gasteiger partial charge in [0, 0.05) is 35.5 Å². The third-order valence-corrected chi connectivity index (χ3v) is 9.64. The maximum Gasteiger partial charge on any atom is 0.410 e. The highest BCUT2D eigenvalue weighted by atomic mass is 16.6. The molecule has 226 valence electrons. The summed E-state index contributed by atoms with van der Waals surface area (Å²) in [6.07, 6.45) is 1.04. The lowest BCUT2D eigenvalue weighted by atomic mass is 9.85. The number of aromatic nitrogens is 1. The number of H-pyrrole nitrogens is 1. The number of carbonyl (C=O) groups excluding carboxylic acids is 3. The molecule has 2 amide bonds. The molecular weight excluding hydrogens is 554 g/mol. The third kappa shape index (κ3) is 4.46. The molecule has 1 saturated heterocycles. The molecular formula is C36H37N3O5. The van der Waals surface area contributed by atoms with Crippen LogP contribution in [0.3, 0.4) is 0 Å². The number of methoxy groups -OCH3 is 1. The van der Waals surface area contributed by atoms with Crippen molar-refractivity contribution >= 4 is 28.9 Å². The number of nitrogens with zero attached hydrogens (tertiary/aromatic N) is 2. The van der Waals surface area contributed by atoms with E-state index >= 15 is 0 Å². The third-order valence-electron chi connectivity index (χ3n) is 9.64. The molecule has 0 radical (unpaired) electrons. The van der Waals surface area contributed by atoms with Crippen molar-refractivity contribution in [3.8, 4) is 11.1 Å². The topological polar surface area (TPSA) is 91.9 Å². The van der Waals surface area contributed by atoms with Gasteiger partial charge in [-0.2, -0.15) is 0 Å². The maximum absolute atomic E-state index is 14.5. The van der Waals surface area contributed by atoms with E-state index in [9.17, 15) is 14.4 Å². The lowest BCUT2D eigenvalue weighted by molar-refractivity contribution is -0.159. The minimum atomic E-state index is -0.795. The molecule has 3 aliphatic rings. The minimum Gasteiger partial charge on any atom is -0.467 e. The van der Waals surface area contributed by atoms with Crippen molar-refractivity contribution in [2.75, 3.05) is 20.3 Å². The molecule has 0 unspecified atom stereocenters. The van der Waals surface area contributed by atoms with Crippen LogP contribution < -0.4 is 0 Å². The van der Waals surface area contributed by atoms with Crippen molar-refractivity contribution in [3.63, 3.8) is 0 Å². The van der Waals surface area contributed by atoms with Crippen LogP contribution in [0.2, 0.25) is 0 Å². The van der Waals surface area contributed by atoms with Crippen LogP contribution in [0.4, 0.5) is 4.79 Å². The number of benzene rings is 3.